The Balaban J connectivity index is 1.17. The van der Waals surface area contributed by atoms with Crippen LogP contribution in [0.4, 0.5) is 0 Å². The minimum absolute atomic E-state index is 0.0126. The van der Waals surface area contributed by atoms with Crippen LogP contribution in [0.5, 0.6) is 0 Å². The number of fused-ring (bicyclic) bond motifs is 3. The topological polar surface area (TPSA) is 66.4 Å². The monoisotopic (exact) mass is 408 g/mol. The van der Waals surface area contributed by atoms with Crippen LogP contribution in [0.1, 0.15) is 55.8 Å². The van der Waals surface area contributed by atoms with Crippen LogP contribution in [0.25, 0.3) is 10.9 Å². The van der Waals surface area contributed by atoms with Crippen molar-refractivity contribution in [1.82, 2.24) is 20.1 Å². The largest absolute Gasteiger partial charge is 0.352 e. The third kappa shape index (κ3) is 3.73. The van der Waals surface area contributed by atoms with Crippen molar-refractivity contribution in [3.63, 3.8) is 0 Å². The number of nitrogens with one attached hydrogen (secondary N) is 2. The second-order valence-electron chi connectivity index (χ2n) is 9.88. The molecule has 30 heavy (non-hydrogen) atoms. The minimum Gasteiger partial charge on any atom is -0.352 e. The molecule has 1 aromatic carbocycles. The van der Waals surface area contributed by atoms with Crippen LogP contribution < -0.4 is 10.6 Å². The maximum absolute atomic E-state index is 12.9. The zero-order valence-electron chi connectivity index (χ0n) is 18.0. The second-order valence-corrected chi connectivity index (χ2v) is 9.88. The van der Waals surface area contributed by atoms with Gasteiger partial charge >= 0.3 is 0 Å². The number of para-hydroxylation sites is 1. The summed E-state index contributed by atoms with van der Waals surface area (Å²) in [4.78, 5) is 27.7. The first-order chi connectivity index (χ1) is 14.4. The number of amides is 2. The number of carbonyl (C=O) groups is 2. The van der Waals surface area contributed by atoms with E-state index in [1.165, 1.54) is 12.8 Å². The summed E-state index contributed by atoms with van der Waals surface area (Å²) in [5.41, 5.74) is 1.88. The minimum atomic E-state index is 0.0126. The van der Waals surface area contributed by atoms with Gasteiger partial charge in [-0.1, -0.05) is 18.2 Å². The SMILES string of the molecule is Cn1cc(C(=O)NCC2C[C@H]3CC[C@@H](C2)N3CC(=O)NC2(C)CC2)c2ccccc21. The molecule has 6 nitrogen and oxygen atoms in total. The highest BCUT2D eigenvalue weighted by atomic mass is 16.2. The summed E-state index contributed by atoms with van der Waals surface area (Å²) < 4.78 is 2.01. The fraction of sp³-hybridized carbons (Fsp3) is 0.583. The van der Waals surface area contributed by atoms with Crippen molar-refractivity contribution >= 4 is 22.7 Å². The maximum atomic E-state index is 12.9. The number of carbonyl (C=O) groups excluding carboxylic acids is 2. The van der Waals surface area contributed by atoms with E-state index in [4.69, 9.17) is 0 Å². The van der Waals surface area contributed by atoms with Gasteiger partial charge in [0.15, 0.2) is 0 Å². The number of piperidine rings is 1. The fourth-order valence-electron chi connectivity index (χ4n) is 5.52. The highest BCUT2D eigenvalue weighted by molar-refractivity contribution is 6.06. The van der Waals surface area contributed by atoms with Gasteiger partial charge in [-0.25, -0.2) is 0 Å². The first kappa shape index (κ1) is 19.6. The Morgan fingerprint density at radius 2 is 1.83 bits per heavy atom. The third-order valence-corrected chi connectivity index (χ3v) is 7.44. The number of hydrogen-bond acceptors (Lipinski definition) is 3. The van der Waals surface area contributed by atoms with Gasteiger partial charge in [0.2, 0.25) is 5.91 Å². The van der Waals surface area contributed by atoms with E-state index in [1.807, 2.05) is 42.1 Å². The number of hydrogen-bond donors (Lipinski definition) is 2. The maximum Gasteiger partial charge on any atom is 0.253 e. The molecule has 1 aliphatic carbocycles. The van der Waals surface area contributed by atoms with Crippen LogP contribution in [0, 0.1) is 5.92 Å². The Kier molecular flexibility index (Phi) is 4.85. The molecule has 0 spiro atoms. The fourth-order valence-corrected chi connectivity index (χ4v) is 5.52. The van der Waals surface area contributed by atoms with E-state index < -0.39 is 0 Å². The van der Waals surface area contributed by atoms with Crippen LogP contribution in [0.3, 0.4) is 0 Å². The predicted octanol–water partition coefficient (Wildman–Crippen LogP) is 2.82. The van der Waals surface area contributed by atoms with E-state index in [-0.39, 0.29) is 17.4 Å². The number of rotatable bonds is 6. The molecule has 2 aliphatic heterocycles. The first-order valence-electron chi connectivity index (χ1n) is 11.3. The van der Waals surface area contributed by atoms with Crippen molar-refractivity contribution in [2.45, 2.75) is 63.1 Å². The lowest BCUT2D eigenvalue weighted by atomic mass is 9.90. The number of aromatic nitrogens is 1. The molecule has 3 atom stereocenters. The normalized spacial score (nSPS) is 27.2. The third-order valence-electron chi connectivity index (χ3n) is 7.44. The lowest BCUT2D eigenvalue weighted by Crippen LogP contribution is -2.50. The van der Waals surface area contributed by atoms with Crippen LogP contribution >= 0.6 is 0 Å². The van der Waals surface area contributed by atoms with Crippen LogP contribution in [0.2, 0.25) is 0 Å². The van der Waals surface area contributed by atoms with E-state index in [1.54, 1.807) is 0 Å². The van der Waals surface area contributed by atoms with Crippen molar-refractivity contribution in [3.8, 4) is 0 Å². The van der Waals surface area contributed by atoms with Crippen LogP contribution in [0.15, 0.2) is 30.5 Å². The highest BCUT2D eigenvalue weighted by Gasteiger charge is 2.43. The van der Waals surface area contributed by atoms with Crippen molar-refractivity contribution in [2.24, 2.45) is 13.0 Å². The summed E-state index contributed by atoms with van der Waals surface area (Å²) in [6.45, 7) is 3.37. The molecule has 6 heteroatoms. The Morgan fingerprint density at radius 1 is 1.13 bits per heavy atom. The summed E-state index contributed by atoms with van der Waals surface area (Å²) in [5.74, 6) is 0.676. The Bertz CT molecular complexity index is 963. The van der Waals surface area contributed by atoms with Gasteiger partial charge in [-0.2, -0.15) is 0 Å². The average Bonchev–Trinajstić information content (AvgIpc) is 3.29. The Morgan fingerprint density at radius 3 is 2.53 bits per heavy atom. The van der Waals surface area contributed by atoms with Gasteiger partial charge in [-0.3, -0.25) is 14.5 Å². The Labute approximate surface area is 178 Å². The molecule has 2 bridgehead atoms. The van der Waals surface area contributed by atoms with Gasteiger partial charge in [0.25, 0.3) is 5.91 Å². The quantitative estimate of drug-likeness (QED) is 0.772. The van der Waals surface area contributed by atoms with Gasteiger partial charge in [0.05, 0.1) is 12.1 Å². The highest BCUT2D eigenvalue weighted by Crippen LogP contribution is 2.39. The van der Waals surface area contributed by atoms with E-state index in [9.17, 15) is 9.59 Å². The van der Waals surface area contributed by atoms with Gasteiger partial charge < -0.3 is 15.2 Å². The molecule has 3 aliphatic rings. The molecule has 160 valence electrons. The summed E-state index contributed by atoms with van der Waals surface area (Å²) in [6, 6.07) is 8.97. The molecular weight excluding hydrogens is 376 g/mol. The molecule has 1 saturated carbocycles. The summed E-state index contributed by atoms with van der Waals surface area (Å²) >= 11 is 0. The van der Waals surface area contributed by atoms with E-state index in [2.05, 4.69) is 22.5 Å². The van der Waals surface area contributed by atoms with Gasteiger partial charge in [-0.05, 0) is 57.4 Å². The molecule has 3 fully saturated rings. The number of nitrogens with zero attached hydrogens (tertiary/aromatic N) is 2. The van der Waals surface area contributed by atoms with E-state index in [0.29, 0.717) is 31.1 Å². The molecule has 2 aromatic rings. The first-order valence-corrected chi connectivity index (χ1v) is 11.3. The molecule has 3 heterocycles. The van der Waals surface area contributed by atoms with Crippen LogP contribution in [-0.2, 0) is 11.8 Å². The van der Waals surface area contributed by atoms with E-state index >= 15 is 0 Å². The van der Waals surface area contributed by atoms with Crippen molar-refractivity contribution in [2.75, 3.05) is 13.1 Å². The van der Waals surface area contributed by atoms with Crippen LogP contribution in [-0.4, -0.2) is 52.0 Å². The predicted molar refractivity (Wildman–Crippen MR) is 117 cm³/mol. The molecular formula is C24H32N4O2. The van der Waals surface area contributed by atoms with Gasteiger partial charge in [-0.15, -0.1) is 0 Å². The molecule has 1 aromatic heterocycles. The van der Waals surface area contributed by atoms with Crippen molar-refractivity contribution < 1.29 is 9.59 Å². The summed E-state index contributed by atoms with van der Waals surface area (Å²) in [6.07, 6.45) is 8.60. The van der Waals surface area contributed by atoms with Gasteiger partial charge in [0.1, 0.15) is 0 Å². The zero-order chi connectivity index (χ0) is 20.9. The Hall–Kier alpha value is -2.34. The summed E-state index contributed by atoms with van der Waals surface area (Å²) in [7, 11) is 1.98. The number of aryl methyl sites for hydroxylation is 1. The summed E-state index contributed by atoms with van der Waals surface area (Å²) in [5, 5.41) is 7.38. The number of benzene rings is 1. The lowest BCUT2D eigenvalue weighted by molar-refractivity contribution is -0.124. The molecule has 0 radical (unpaired) electrons. The molecule has 2 amide bonds. The molecule has 1 unspecified atom stereocenters. The standard InChI is InChI=1S/C24H32N4O2/c1-24(9-10-24)26-22(29)15-28-17-7-8-18(28)12-16(11-17)13-25-23(30)20-14-27(2)21-6-4-3-5-19(20)21/h3-6,14,16-18H,7-13,15H2,1-2H3,(H,25,30)(H,26,29)/t16?,17-,18+. The van der Waals surface area contributed by atoms with E-state index in [0.717, 1.165) is 42.1 Å². The lowest BCUT2D eigenvalue weighted by Gasteiger charge is -2.38. The van der Waals surface area contributed by atoms with Crippen molar-refractivity contribution in [3.05, 3.63) is 36.0 Å². The zero-order valence-corrected chi connectivity index (χ0v) is 18.0. The van der Waals surface area contributed by atoms with Gasteiger partial charge in [0, 0.05) is 48.3 Å². The smallest absolute Gasteiger partial charge is 0.253 e. The molecule has 2 saturated heterocycles. The second kappa shape index (κ2) is 7.41. The molecule has 5 rings (SSSR count). The molecule has 2 N–H and O–H groups in total. The van der Waals surface area contributed by atoms with Crippen molar-refractivity contribution in [1.29, 1.82) is 0 Å². The average molecular weight is 409 g/mol.